The molecule has 0 rings (SSSR count). The van der Waals surface area contributed by atoms with Gasteiger partial charge in [-0.25, -0.2) is 0 Å². The fourth-order valence-corrected chi connectivity index (χ4v) is 0.587. The molecule has 0 heterocycles. The van der Waals surface area contributed by atoms with Crippen LogP contribution in [0.5, 0.6) is 0 Å². The van der Waals surface area contributed by atoms with E-state index in [1.165, 1.54) is 6.92 Å². The standard InChI is InChI=1S/C7H13NO4/c1-3-12-5(9)4-7(2,8)6(10)11/h3-4,8H2,1-2H3,(H,10,11). The monoisotopic (exact) mass is 175 g/mol. The minimum atomic E-state index is -1.54. The van der Waals surface area contributed by atoms with E-state index < -0.39 is 17.5 Å². The molecule has 3 N–H and O–H groups in total. The number of rotatable bonds is 4. The molecule has 0 bridgehead atoms. The highest BCUT2D eigenvalue weighted by Gasteiger charge is 2.31. The Bertz CT molecular complexity index is 188. The Labute approximate surface area is 70.5 Å². The van der Waals surface area contributed by atoms with Crippen LogP contribution in [0, 0.1) is 0 Å². The molecular formula is C7H13NO4. The van der Waals surface area contributed by atoms with Crippen LogP contribution >= 0.6 is 0 Å². The first-order valence-electron chi connectivity index (χ1n) is 3.58. The number of ether oxygens (including phenoxy) is 1. The van der Waals surface area contributed by atoms with Crippen LogP contribution in [0.25, 0.3) is 0 Å². The number of nitrogens with two attached hydrogens (primary N) is 1. The van der Waals surface area contributed by atoms with E-state index in [2.05, 4.69) is 4.74 Å². The van der Waals surface area contributed by atoms with Crippen LogP contribution in [0.3, 0.4) is 0 Å². The van der Waals surface area contributed by atoms with E-state index in [0.717, 1.165) is 0 Å². The maximum Gasteiger partial charge on any atom is 0.323 e. The van der Waals surface area contributed by atoms with Gasteiger partial charge in [0.1, 0.15) is 5.54 Å². The van der Waals surface area contributed by atoms with Gasteiger partial charge in [-0.3, -0.25) is 9.59 Å². The minimum absolute atomic E-state index is 0.231. The lowest BCUT2D eigenvalue weighted by molar-refractivity contribution is -0.152. The first-order chi connectivity index (χ1) is 5.40. The van der Waals surface area contributed by atoms with Crippen molar-refractivity contribution in [2.75, 3.05) is 6.61 Å². The molecule has 0 spiro atoms. The molecule has 0 fully saturated rings. The third-order valence-electron chi connectivity index (χ3n) is 1.31. The van der Waals surface area contributed by atoms with Crippen LogP contribution in [-0.2, 0) is 14.3 Å². The van der Waals surface area contributed by atoms with Crippen molar-refractivity contribution >= 4 is 11.9 Å². The van der Waals surface area contributed by atoms with E-state index in [4.69, 9.17) is 10.8 Å². The summed E-state index contributed by atoms with van der Waals surface area (Å²) < 4.78 is 4.55. The highest BCUT2D eigenvalue weighted by atomic mass is 16.5. The zero-order valence-corrected chi connectivity index (χ0v) is 7.16. The molecule has 0 aliphatic carbocycles. The SMILES string of the molecule is CCOC(=O)CC(C)(N)C(=O)O. The smallest absolute Gasteiger partial charge is 0.323 e. The second kappa shape index (κ2) is 4.06. The van der Waals surface area contributed by atoms with Crippen LogP contribution in [0.15, 0.2) is 0 Å². The molecule has 0 amide bonds. The van der Waals surface area contributed by atoms with Crippen molar-refractivity contribution in [2.24, 2.45) is 5.73 Å². The molecule has 0 aliphatic rings. The summed E-state index contributed by atoms with van der Waals surface area (Å²) in [7, 11) is 0. The predicted molar refractivity (Wildman–Crippen MR) is 41.5 cm³/mol. The maximum atomic E-state index is 10.8. The second-order valence-electron chi connectivity index (χ2n) is 2.70. The molecule has 0 saturated carbocycles. The minimum Gasteiger partial charge on any atom is -0.480 e. The molecule has 0 aromatic rings. The third-order valence-corrected chi connectivity index (χ3v) is 1.31. The van der Waals surface area contributed by atoms with Gasteiger partial charge in [0.2, 0.25) is 0 Å². The van der Waals surface area contributed by atoms with Gasteiger partial charge in [-0.05, 0) is 13.8 Å². The maximum absolute atomic E-state index is 10.8. The number of hydrogen-bond acceptors (Lipinski definition) is 4. The van der Waals surface area contributed by atoms with Crippen molar-refractivity contribution in [3.8, 4) is 0 Å². The van der Waals surface area contributed by atoms with Gasteiger partial charge < -0.3 is 15.6 Å². The Hall–Kier alpha value is -1.10. The van der Waals surface area contributed by atoms with Crippen LogP contribution < -0.4 is 5.73 Å². The first kappa shape index (κ1) is 10.9. The average molecular weight is 175 g/mol. The molecule has 12 heavy (non-hydrogen) atoms. The van der Waals surface area contributed by atoms with Gasteiger partial charge >= 0.3 is 11.9 Å². The number of carbonyl (C=O) groups is 2. The average Bonchev–Trinajstić information content (AvgIpc) is 1.85. The zero-order chi connectivity index (χ0) is 9.78. The molecule has 0 aliphatic heterocycles. The third kappa shape index (κ3) is 3.34. The Morgan fingerprint density at radius 3 is 2.42 bits per heavy atom. The summed E-state index contributed by atoms with van der Waals surface area (Å²) in [5.41, 5.74) is 3.75. The molecule has 70 valence electrons. The second-order valence-corrected chi connectivity index (χ2v) is 2.70. The molecule has 1 unspecified atom stereocenters. The van der Waals surface area contributed by atoms with Crippen molar-refractivity contribution in [3.05, 3.63) is 0 Å². The van der Waals surface area contributed by atoms with Crippen molar-refractivity contribution in [3.63, 3.8) is 0 Å². The number of carboxylic acid groups (broad SMARTS) is 1. The van der Waals surface area contributed by atoms with E-state index in [9.17, 15) is 9.59 Å². The quantitative estimate of drug-likeness (QED) is 0.574. The van der Waals surface area contributed by atoms with Gasteiger partial charge in [-0.1, -0.05) is 0 Å². The van der Waals surface area contributed by atoms with Crippen molar-refractivity contribution in [2.45, 2.75) is 25.8 Å². The fraction of sp³-hybridized carbons (Fsp3) is 0.714. The van der Waals surface area contributed by atoms with Gasteiger partial charge in [-0.15, -0.1) is 0 Å². The van der Waals surface area contributed by atoms with Gasteiger partial charge in [0.25, 0.3) is 0 Å². The highest BCUT2D eigenvalue weighted by molar-refractivity contribution is 5.84. The van der Waals surface area contributed by atoms with E-state index in [1.54, 1.807) is 6.92 Å². The molecule has 1 atom stereocenters. The Balaban J connectivity index is 4.06. The van der Waals surface area contributed by atoms with Gasteiger partial charge in [0, 0.05) is 0 Å². The van der Waals surface area contributed by atoms with Gasteiger partial charge in [0.15, 0.2) is 0 Å². The van der Waals surface area contributed by atoms with Crippen molar-refractivity contribution in [1.29, 1.82) is 0 Å². The molecule has 0 aromatic heterocycles. The van der Waals surface area contributed by atoms with Gasteiger partial charge in [-0.2, -0.15) is 0 Å². The summed E-state index contributed by atoms with van der Waals surface area (Å²) in [6.07, 6.45) is -0.309. The Morgan fingerprint density at radius 1 is 1.58 bits per heavy atom. The molecule has 5 heteroatoms. The van der Waals surface area contributed by atoms with E-state index in [1.807, 2.05) is 0 Å². The summed E-state index contributed by atoms with van der Waals surface area (Å²) in [5.74, 6) is -1.81. The molecule has 5 nitrogen and oxygen atoms in total. The normalized spacial score (nSPS) is 14.9. The molecule has 0 saturated heterocycles. The highest BCUT2D eigenvalue weighted by Crippen LogP contribution is 2.06. The number of carboxylic acids is 1. The Kier molecular flexibility index (Phi) is 3.69. The van der Waals surface area contributed by atoms with Crippen LogP contribution in [0.4, 0.5) is 0 Å². The van der Waals surface area contributed by atoms with Gasteiger partial charge in [0.05, 0.1) is 13.0 Å². The zero-order valence-electron chi connectivity index (χ0n) is 7.16. The van der Waals surface area contributed by atoms with Crippen LogP contribution in [-0.4, -0.2) is 29.2 Å². The summed E-state index contributed by atoms with van der Waals surface area (Å²) in [6, 6.07) is 0. The number of hydrogen-bond donors (Lipinski definition) is 2. The fourth-order valence-electron chi connectivity index (χ4n) is 0.587. The lowest BCUT2D eigenvalue weighted by Gasteiger charge is -2.17. The Morgan fingerprint density at radius 2 is 2.08 bits per heavy atom. The molecule has 0 radical (unpaired) electrons. The lowest BCUT2D eigenvalue weighted by Crippen LogP contribution is -2.46. The van der Waals surface area contributed by atoms with E-state index in [0.29, 0.717) is 0 Å². The summed E-state index contributed by atoms with van der Waals surface area (Å²) in [4.78, 5) is 21.2. The summed E-state index contributed by atoms with van der Waals surface area (Å²) in [6.45, 7) is 3.15. The molecule has 0 aromatic carbocycles. The van der Waals surface area contributed by atoms with Crippen LogP contribution in [0.2, 0.25) is 0 Å². The van der Waals surface area contributed by atoms with Crippen molar-refractivity contribution < 1.29 is 19.4 Å². The van der Waals surface area contributed by atoms with Crippen LogP contribution in [0.1, 0.15) is 20.3 Å². The molecular weight excluding hydrogens is 162 g/mol. The predicted octanol–water partition coefficient (Wildman–Crippen LogP) is -0.258. The summed E-state index contributed by atoms with van der Waals surface area (Å²) in [5, 5.41) is 8.53. The lowest BCUT2D eigenvalue weighted by atomic mass is 10.0. The number of carbonyl (C=O) groups excluding carboxylic acids is 1. The first-order valence-corrected chi connectivity index (χ1v) is 3.58. The largest absolute Gasteiger partial charge is 0.480 e. The van der Waals surface area contributed by atoms with Crippen molar-refractivity contribution in [1.82, 2.24) is 0 Å². The number of esters is 1. The summed E-state index contributed by atoms with van der Waals surface area (Å²) >= 11 is 0. The van der Waals surface area contributed by atoms with E-state index >= 15 is 0 Å². The van der Waals surface area contributed by atoms with E-state index in [-0.39, 0.29) is 13.0 Å². The topological polar surface area (TPSA) is 89.6 Å². The number of aliphatic carboxylic acids is 1.